The van der Waals surface area contributed by atoms with E-state index in [1.807, 2.05) is 56.4 Å². The maximum atomic E-state index is 12.7. The quantitative estimate of drug-likeness (QED) is 0.419. The Balaban J connectivity index is 1.36. The lowest BCUT2D eigenvalue weighted by atomic mass is 10.1. The second-order valence-corrected chi connectivity index (χ2v) is 7.62. The van der Waals surface area contributed by atoms with E-state index in [1.165, 1.54) is 6.33 Å². The number of carbonyl (C=O) groups is 1. The first kappa shape index (κ1) is 20.8. The summed E-state index contributed by atoms with van der Waals surface area (Å²) in [5.74, 6) is 1.13. The Morgan fingerprint density at radius 3 is 2.68 bits per heavy atom. The van der Waals surface area contributed by atoms with E-state index in [2.05, 4.69) is 15.1 Å². The molecule has 0 bridgehead atoms. The summed E-state index contributed by atoms with van der Waals surface area (Å²) in [6, 6.07) is 15.3. The van der Waals surface area contributed by atoms with Crippen molar-refractivity contribution >= 4 is 17.5 Å². The molecule has 4 aromatic rings. The fraction of sp³-hybridized carbons (Fsp3) is 0.217. The van der Waals surface area contributed by atoms with E-state index < -0.39 is 0 Å². The normalized spacial score (nSPS) is 12.0. The Labute approximate surface area is 185 Å². The van der Waals surface area contributed by atoms with E-state index in [0.717, 1.165) is 16.8 Å². The Kier molecular flexibility index (Phi) is 6.13. The van der Waals surface area contributed by atoms with Crippen LogP contribution in [0, 0.1) is 0 Å². The first-order chi connectivity index (χ1) is 15.0. The number of amides is 1. The molecule has 0 N–H and O–H groups in total. The zero-order valence-electron chi connectivity index (χ0n) is 17.3. The molecule has 1 amide bonds. The van der Waals surface area contributed by atoms with Crippen molar-refractivity contribution in [3.05, 3.63) is 83.9 Å². The van der Waals surface area contributed by atoms with Gasteiger partial charge in [0.1, 0.15) is 12.7 Å². The number of halogens is 1. The van der Waals surface area contributed by atoms with Crippen molar-refractivity contribution in [1.29, 1.82) is 0 Å². The number of benzene rings is 2. The summed E-state index contributed by atoms with van der Waals surface area (Å²) in [6.45, 7) is 2.00. The van der Waals surface area contributed by atoms with Gasteiger partial charge in [0.15, 0.2) is 11.7 Å². The van der Waals surface area contributed by atoms with Gasteiger partial charge in [-0.15, -0.1) is 0 Å². The first-order valence-electron chi connectivity index (χ1n) is 9.93. The largest absolute Gasteiger partial charge is 0.441 e. The van der Waals surface area contributed by atoms with Crippen LogP contribution in [0.15, 0.2) is 71.8 Å². The summed E-state index contributed by atoms with van der Waals surface area (Å²) >= 11 is 6.21. The third kappa shape index (κ3) is 4.67. The van der Waals surface area contributed by atoms with E-state index in [4.69, 9.17) is 16.0 Å². The zero-order valence-corrected chi connectivity index (χ0v) is 18.0. The van der Waals surface area contributed by atoms with Crippen molar-refractivity contribution in [1.82, 2.24) is 24.6 Å². The lowest BCUT2D eigenvalue weighted by Gasteiger charge is -2.25. The molecule has 7 nitrogen and oxygen atoms in total. The fourth-order valence-electron chi connectivity index (χ4n) is 3.29. The summed E-state index contributed by atoms with van der Waals surface area (Å²) in [4.78, 5) is 22.7. The van der Waals surface area contributed by atoms with Crippen LogP contribution < -0.4 is 0 Å². The van der Waals surface area contributed by atoms with Gasteiger partial charge in [-0.25, -0.2) is 14.6 Å². The van der Waals surface area contributed by atoms with Crippen molar-refractivity contribution in [2.24, 2.45) is 0 Å². The summed E-state index contributed by atoms with van der Waals surface area (Å²) in [5, 5.41) is 4.72. The molecule has 0 aliphatic carbocycles. The van der Waals surface area contributed by atoms with E-state index in [9.17, 15) is 4.79 Å². The molecule has 0 saturated carbocycles. The summed E-state index contributed by atoms with van der Waals surface area (Å²) in [7, 11) is 1.81. The summed E-state index contributed by atoms with van der Waals surface area (Å²) in [6.07, 6.45) is 5.51. The predicted molar refractivity (Wildman–Crippen MR) is 118 cm³/mol. The van der Waals surface area contributed by atoms with E-state index >= 15 is 0 Å². The van der Waals surface area contributed by atoms with Crippen LogP contribution in [0.4, 0.5) is 0 Å². The molecular weight excluding hydrogens is 414 g/mol. The van der Waals surface area contributed by atoms with Gasteiger partial charge in [-0.3, -0.25) is 4.79 Å². The van der Waals surface area contributed by atoms with Gasteiger partial charge in [-0.2, -0.15) is 5.10 Å². The van der Waals surface area contributed by atoms with Crippen LogP contribution in [-0.2, 0) is 11.2 Å². The number of nitrogens with zero attached hydrogens (tertiary/aromatic N) is 5. The molecule has 2 aromatic heterocycles. The molecule has 2 aromatic carbocycles. The Morgan fingerprint density at radius 2 is 1.97 bits per heavy atom. The van der Waals surface area contributed by atoms with E-state index in [1.54, 1.807) is 28.2 Å². The van der Waals surface area contributed by atoms with Crippen LogP contribution in [0.2, 0.25) is 5.02 Å². The van der Waals surface area contributed by atoms with Crippen LogP contribution >= 0.6 is 11.6 Å². The smallest absolute Gasteiger partial charge is 0.223 e. The van der Waals surface area contributed by atoms with Gasteiger partial charge in [0.2, 0.25) is 5.91 Å². The van der Waals surface area contributed by atoms with Crippen LogP contribution in [0.1, 0.15) is 30.8 Å². The van der Waals surface area contributed by atoms with Gasteiger partial charge in [-0.05, 0) is 36.8 Å². The molecule has 158 valence electrons. The number of carbonyl (C=O) groups excluding carboxylic acids is 1. The van der Waals surface area contributed by atoms with Crippen molar-refractivity contribution in [2.75, 3.05) is 7.05 Å². The maximum Gasteiger partial charge on any atom is 0.223 e. The standard InChI is InChI=1S/C23H22ClN5O2/c1-16(17-7-9-18(10-8-17)29-15-25-14-27-29)28(2)23(30)12-11-22-26-13-21(31-22)19-5-3-4-6-20(19)24/h3-10,13-16H,11-12H2,1-2H3/t16-/m1/s1. The molecule has 0 unspecified atom stereocenters. The van der Waals surface area contributed by atoms with Crippen molar-refractivity contribution in [3.8, 4) is 17.0 Å². The average molecular weight is 436 g/mol. The number of oxazole rings is 1. The molecule has 0 aliphatic rings. The number of hydrogen-bond donors (Lipinski definition) is 0. The minimum atomic E-state index is -0.0689. The van der Waals surface area contributed by atoms with Gasteiger partial charge in [0.05, 0.1) is 22.9 Å². The lowest BCUT2D eigenvalue weighted by Crippen LogP contribution is -2.29. The third-order valence-corrected chi connectivity index (χ3v) is 5.61. The SMILES string of the molecule is C[C@H](c1ccc(-n2cncn2)cc1)N(C)C(=O)CCc1ncc(-c2ccccc2Cl)o1. The number of aromatic nitrogens is 4. The number of hydrogen-bond acceptors (Lipinski definition) is 5. The molecule has 0 spiro atoms. The Bertz CT molecular complexity index is 1150. The molecule has 0 aliphatic heterocycles. The summed E-state index contributed by atoms with van der Waals surface area (Å²) in [5.41, 5.74) is 2.74. The second kappa shape index (κ2) is 9.14. The highest BCUT2D eigenvalue weighted by Gasteiger charge is 2.19. The Hall–Kier alpha value is -3.45. The second-order valence-electron chi connectivity index (χ2n) is 7.21. The zero-order chi connectivity index (χ0) is 21.8. The first-order valence-corrected chi connectivity index (χ1v) is 10.3. The fourth-order valence-corrected chi connectivity index (χ4v) is 3.52. The molecule has 1 atom stereocenters. The van der Waals surface area contributed by atoms with Crippen LogP contribution in [0.5, 0.6) is 0 Å². The van der Waals surface area contributed by atoms with Gasteiger partial charge in [0.25, 0.3) is 0 Å². The molecule has 0 radical (unpaired) electrons. The molecule has 0 saturated heterocycles. The van der Waals surface area contributed by atoms with Gasteiger partial charge < -0.3 is 9.32 Å². The molecule has 4 rings (SSSR count). The Morgan fingerprint density at radius 1 is 1.19 bits per heavy atom. The highest BCUT2D eigenvalue weighted by molar-refractivity contribution is 6.33. The van der Waals surface area contributed by atoms with Crippen molar-refractivity contribution in [2.45, 2.75) is 25.8 Å². The highest BCUT2D eigenvalue weighted by atomic mass is 35.5. The topological polar surface area (TPSA) is 77.1 Å². The maximum absolute atomic E-state index is 12.7. The monoisotopic (exact) mass is 435 g/mol. The van der Waals surface area contributed by atoms with Crippen LogP contribution in [0.25, 0.3) is 17.0 Å². The lowest BCUT2D eigenvalue weighted by molar-refractivity contribution is -0.131. The number of rotatable bonds is 7. The number of aryl methyl sites for hydroxylation is 1. The predicted octanol–water partition coefficient (Wildman–Crippen LogP) is 4.73. The van der Waals surface area contributed by atoms with E-state index in [-0.39, 0.29) is 11.9 Å². The van der Waals surface area contributed by atoms with Crippen molar-refractivity contribution < 1.29 is 9.21 Å². The van der Waals surface area contributed by atoms with Crippen LogP contribution in [0.3, 0.4) is 0 Å². The van der Waals surface area contributed by atoms with E-state index in [0.29, 0.717) is 29.5 Å². The molecule has 31 heavy (non-hydrogen) atoms. The van der Waals surface area contributed by atoms with Crippen molar-refractivity contribution in [3.63, 3.8) is 0 Å². The third-order valence-electron chi connectivity index (χ3n) is 5.28. The molecule has 0 fully saturated rings. The average Bonchev–Trinajstić information content (AvgIpc) is 3.49. The summed E-state index contributed by atoms with van der Waals surface area (Å²) < 4.78 is 7.49. The molecular formula is C23H22ClN5O2. The van der Waals surface area contributed by atoms with Gasteiger partial charge in [0, 0.05) is 25.5 Å². The van der Waals surface area contributed by atoms with Crippen LogP contribution in [-0.4, -0.2) is 37.6 Å². The van der Waals surface area contributed by atoms with Gasteiger partial charge in [-0.1, -0.05) is 35.9 Å². The minimum absolute atomic E-state index is 0.0188. The molecule has 8 heteroatoms. The minimum Gasteiger partial charge on any atom is -0.441 e. The van der Waals surface area contributed by atoms with Gasteiger partial charge >= 0.3 is 0 Å². The highest BCUT2D eigenvalue weighted by Crippen LogP contribution is 2.28. The molecule has 2 heterocycles.